The summed E-state index contributed by atoms with van der Waals surface area (Å²) in [5.41, 5.74) is 1.06. The fraction of sp³-hybridized carbons (Fsp3) is 0.600. The highest BCUT2D eigenvalue weighted by Gasteiger charge is 2.08. The average Bonchev–Trinajstić information content (AvgIpc) is 2.37. The molecule has 0 fully saturated rings. The molecule has 0 amide bonds. The third-order valence-electron chi connectivity index (χ3n) is 2.66. The highest BCUT2D eigenvalue weighted by molar-refractivity contribution is 7.99. The van der Waals surface area contributed by atoms with Gasteiger partial charge in [0.1, 0.15) is 5.75 Å². The molecule has 0 saturated heterocycles. The van der Waals surface area contributed by atoms with Gasteiger partial charge in [0, 0.05) is 23.2 Å². The van der Waals surface area contributed by atoms with Crippen LogP contribution in [0.3, 0.4) is 0 Å². The second-order valence-electron chi connectivity index (χ2n) is 4.65. The van der Waals surface area contributed by atoms with Gasteiger partial charge < -0.3 is 10.1 Å². The number of halogens is 1. The van der Waals surface area contributed by atoms with Gasteiger partial charge in [-0.2, -0.15) is 11.8 Å². The molecule has 0 aliphatic heterocycles. The van der Waals surface area contributed by atoms with Crippen LogP contribution >= 0.6 is 23.4 Å². The molecule has 0 aliphatic carbocycles. The summed E-state index contributed by atoms with van der Waals surface area (Å²) >= 11 is 8.20. The van der Waals surface area contributed by atoms with E-state index in [1.165, 1.54) is 5.75 Å². The van der Waals surface area contributed by atoms with Crippen LogP contribution in [0.2, 0.25) is 5.02 Å². The lowest BCUT2D eigenvalue weighted by atomic mass is 10.2. The summed E-state index contributed by atoms with van der Waals surface area (Å²) in [6.07, 6.45) is 1.07. The van der Waals surface area contributed by atoms with E-state index in [2.05, 4.69) is 26.1 Å². The van der Waals surface area contributed by atoms with Crippen LogP contribution in [0.1, 0.15) is 32.8 Å². The van der Waals surface area contributed by atoms with E-state index in [4.69, 9.17) is 16.3 Å². The molecule has 1 N–H and O–H groups in total. The summed E-state index contributed by atoms with van der Waals surface area (Å²) in [5.74, 6) is 3.22. The maximum Gasteiger partial charge on any atom is 0.125 e. The first kappa shape index (κ1) is 16.7. The molecule has 0 aromatic heterocycles. The number of nitrogens with one attached hydrogen (secondary N) is 1. The average molecular weight is 302 g/mol. The molecule has 0 atom stereocenters. The van der Waals surface area contributed by atoms with Gasteiger partial charge in [-0.05, 0) is 30.1 Å². The van der Waals surface area contributed by atoms with Crippen molar-refractivity contribution in [3.05, 3.63) is 28.8 Å². The van der Waals surface area contributed by atoms with Crippen LogP contribution in [-0.4, -0.2) is 24.2 Å². The molecule has 0 spiro atoms. The third-order valence-corrected chi connectivity index (χ3v) is 4.00. The lowest BCUT2D eigenvalue weighted by Gasteiger charge is -2.15. The zero-order valence-corrected chi connectivity index (χ0v) is 13.6. The lowest BCUT2D eigenvalue weighted by molar-refractivity contribution is 0.314. The number of ether oxygens (including phenoxy) is 1. The minimum absolute atomic E-state index is 0.435. The largest absolute Gasteiger partial charge is 0.493 e. The van der Waals surface area contributed by atoms with Gasteiger partial charge >= 0.3 is 0 Å². The van der Waals surface area contributed by atoms with Gasteiger partial charge in [-0.1, -0.05) is 38.4 Å². The number of hydrogen-bond donors (Lipinski definition) is 1. The van der Waals surface area contributed by atoms with Gasteiger partial charge in [0.2, 0.25) is 0 Å². The molecule has 1 aromatic carbocycles. The molecule has 0 radical (unpaired) electrons. The molecular formula is C15H24ClNOS. The van der Waals surface area contributed by atoms with Crippen molar-refractivity contribution < 1.29 is 4.74 Å². The summed E-state index contributed by atoms with van der Waals surface area (Å²) in [6, 6.07) is 6.29. The van der Waals surface area contributed by atoms with Crippen molar-refractivity contribution in [1.82, 2.24) is 5.32 Å². The van der Waals surface area contributed by atoms with Gasteiger partial charge in [0.25, 0.3) is 0 Å². The lowest BCUT2D eigenvalue weighted by Crippen LogP contribution is -2.22. The van der Waals surface area contributed by atoms with Crippen molar-refractivity contribution in [2.45, 2.75) is 39.8 Å². The third kappa shape index (κ3) is 6.55. The predicted molar refractivity (Wildman–Crippen MR) is 86.5 cm³/mol. The van der Waals surface area contributed by atoms with E-state index in [1.807, 2.05) is 30.0 Å². The Bertz CT molecular complexity index is 371. The Morgan fingerprint density at radius 1 is 1.37 bits per heavy atom. The fourth-order valence-corrected chi connectivity index (χ4v) is 2.48. The van der Waals surface area contributed by atoms with Crippen molar-refractivity contribution in [1.29, 1.82) is 0 Å². The monoisotopic (exact) mass is 301 g/mol. The van der Waals surface area contributed by atoms with E-state index in [9.17, 15) is 0 Å². The maximum atomic E-state index is 6.25. The van der Waals surface area contributed by atoms with Crippen LogP contribution in [0.15, 0.2) is 18.2 Å². The highest BCUT2D eigenvalue weighted by atomic mass is 35.5. The van der Waals surface area contributed by atoms with Crippen molar-refractivity contribution in [2.24, 2.45) is 0 Å². The van der Waals surface area contributed by atoms with Crippen molar-refractivity contribution in [2.75, 3.05) is 18.1 Å². The summed E-state index contributed by atoms with van der Waals surface area (Å²) in [6.45, 7) is 7.93. The Morgan fingerprint density at radius 2 is 2.16 bits per heavy atom. The van der Waals surface area contributed by atoms with Crippen molar-refractivity contribution in [3.63, 3.8) is 0 Å². The van der Waals surface area contributed by atoms with Gasteiger partial charge in [-0.3, -0.25) is 0 Å². The smallest absolute Gasteiger partial charge is 0.125 e. The van der Waals surface area contributed by atoms with Gasteiger partial charge in [0.05, 0.1) is 6.61 Å². The summed E-state index contributed by atoms with van der Waals surface area (Å²) in [5, 5.41) is 4.16. The molecule has 4 heteroatoms. The number of hydrogen-bond acceptors (Lipinski definition) is 3. The minimum Gasteiger partial charge on any atom is -0.493 e. The van der Waals surface area contributed by atoms with E-state index < -0.39 is 0 Å². The molecule has 19 heavy (non-hydrogen) atoms. The predicted octanol–water partition coefficient (Wildman–Crippen LogP) is 4.36. The molecular weight excluding hydrogens is 278 g/mol. The second-order valence-corrected chi connectivity index (χ2v) is 6.45. The Balaban J connectivity index is 2.53. The van der Waals surface area contributed by atoms with Crippen LogP contribution in [0, 0.1) is 0 Å². The van der Waals surface area contributed by atoms with E-state index in [0.717, 1.165) is 41.7 Å². The second kappa shape index (κ2) is 9.51. The minimum atomic E-state index is 0.435. The molecule has 0 heterocycles. The molecule has 0 saturated carbocycles. The Kier molecular flexibility index (Phi) is 8.35. The maximum absolute atomic E-state index is 6.25. The van der Waals surface area contributed by atoms with E-state index in [-0.39, 0.29) is 0 Å². The molecule has 108 valence electrons. The first-order valence-electron chi connectivity index (χ1n) is 6.86. The van der Waals surface area contributed by atoms with Crippen LogP contribution in [-0.2, 0) is 6.54 Å². The molecule has 0 unspecified atom stereocenters. The number of benzene rings is 1. The molecule has 0 bridgehead atoms. The summed E-state index contributed by atoms with van der Waals surface area (Å²) < 4.78 is 5.86. The Morgan fingerprint density at radius 3 is 2.84 bits per heavy atom. The summed E-state index contributed by atoms with van der Waals surface area (Å²) in [4.78, 5) is 0. The molecule has 1 rings (SSSR count). The van der Waals surface area contributed by atoms with Gasteiger partial charge in [0.15, 0.2) is 0 Å². The molecule has 2 nitrogen and oxygen atoms in total. The first-order valence-corrected chi connectivity index (χ1v) is 8.39. The number of thioether (sulfide) groups is 1. The van der Waals surface area contributed by atoms with Crippen LogP contribution < -0.4 is 10.1 Å². The molecule has 1 aromatic rings. The normalized spacial score (nSPS) is 11.0. The van der Waals surface area contributed by atoms with Crippen LogP contribution in [0.25, 0.3) is 0 Å². The zero-order valence-electron chi connectivity index (χ0n) is 12.0. The summed E-state index contributed by atoms with van der Waals surface area (Å²) in [7, 11) is 0. The first-order chi connectivity index (χ1) is 9.15. The molecule has 0 aliphatic rings. The number of rotatable bonds is 9. The van der Waals surface area contributed by atoms with Gasteiger partial charge in [-0.25, -0.2) is 0 Å². The van der Waals surface area contributed by atoms with Crippen LogP contribution in [0.5, 0.6) is 5.75 Å². The van der Waals surface area contributed by atoms with Crippen molar-refractivity contribution in [3.8, 4) is 5.75 Å². The zero-order chi connectivity index (χ0) is 14.1. The fourth-order valence-electron chi connectivity index (χ4n) is 1.64. The quantitative estimate of drug-likeness (QED) is 0.685. The Labute approximate surface area is 126 Å². The standard InChI is InChI=1S/C15H24ClNOS/c1-4-19-10-6-9-18-15-8-5-7-14(16)13(15)11-17-12(2)3/h5,7-8,12,17H,4,6,9-11H2,1-3H3. The van der Waals surface area contributed by atoms with E-state index in [0.29, 0.717) is 6.04 Å². The van der Waals surface area contributed by atoms with Gasteiger partial charge in [-0.15, -0.1) is 0 Å². The topological polar surface area (TPSA) is 21.3 Å². The van der Waals surface area contributed by atoms with Crippen LogP contribution in [0.4, 0.5) is 0 Å². The SMILES string of the molecule is CCSCCCOc1cccc(Cl)c1CNC(C)C. The van der Waals surface area contributed by atoms with E-state index in [1.54, 1.807) is 0 Å². The van der Waals surface area contributed by atoms with E-state index >= 15 is 0 Å². The Hall–Kier alpha value is -0.380. The highest BCUT2D eigenvalue weighted by Crippen LogP contribution is 2.26. The van der Waals surface area contributed by atoms with Crippen molar-refractivity contribution >= 4 is 23.4 Å².